The zero-order valence-corrected chi connectivity index (χ0v) is 9.39. The highest BCUT2D eigenvalue weighted by atomic mass is 127. The molecule has 0 spiro atoms. The predicted molar refractivity (Wildman–Crippen MR) is 55.5 cm³/mol. The van der Waals surface area contributed by atoms with Crippen LogP contribution in [0.1, 0.15) is 12.8 Å². The summed E-state index contributed by atoms with van der Waals surface area (Å²) in [4.78, 5) is 4.54. The van der Waals surface area contributed by atoms with Gasteiger partial charge < -0.3 is 10.5 Å². The van der Waals surface area contributed by atoms with Crippen LogP contribution in [0.25, 0.3) is 0 Å². The maximum Gasteiger partial charge on any atom is 0.0982 e. The van der Waals surface area contributed by atoms with Gasteiger partial charge in [0.15, 0.2) is 0 Å². The second-order valence-electron chi connectivity index (χ2n) is 2.33. The number of hydroxylamine groups is 3. The first kappa shape index (κ1) is 12.5. The third kappa shape index (κ3) is 10.5. The molecule has 0 radical (unpaired) electrons. The van der Waals surface area contributed by atoms with Crippen molar-refractivity contribution in [3.8, 4) is 0 Å². The van der Waals surface area contributed by atoms with E-state index in [1.54, 1.807) is 0 Å². The highest BCUT2D eigenvalue weighted by Gasteiger charge is 1.90. The summed E-state index contributed by atoms with van der Waals surface area (Å²) >= 11 is 2.27. The van der Waals surface area contributed by atoms with E-state index in [0.29, 0.717) is 0 Å². The lowest BCUT2D eigenvalue weighted by molar-refractivity contribution is -1.05. The number of halogens is 1. The van der Waals surface area contributed by atoms with E-state index >= 15 is 0 Å². The van der Waals surface area contributed by atoms with Gasteiger partial charge in [0.05, 0.1) is 7.05 Å². The van der Waals surface area contributed by atoms with Crippen LogP contribution in [-0.4, -0.2) is 24.7 Å². The molecular formula is C6H16IN3O2. The lowest BCUT2D eigenvalue weighted by Gasteiger charge is -2.13. The summed E-state index contributed by atoms with van der Waals surface area (Å²) in [6.45, 7) is 1.74. The minimum Gasteiger partial charge on any atom is -0.599 e. The van der Waals surface area contributed by atoms with Gasteiger partial charge in [-0.05, 0) is 19.4 Å². The molecule has 0 heterocycles. The average molecular weight is 289 g/mol. The zero-order chi connectivity index (χ0) is 9.23. The lowest BCUT2D eigenvalue weighted by atomic mass is 10.3. The number of hydrogen-bond acceptors (Lipinski definition) is 4. The second-order valence-corrected chi connectivity index (χ2v) is 3.09. The fourth-order valence-corrected chi connectivity index (χ4v) is 1.05. The molecule has 0 rings (SSSR count). The van der Waals surface area contributed by atoms with Gasteiger partial charge >= 0.3 is 0 Å². The normalized spacial score (nSPS) is 13.2. The van der Waals surface area contributed by atoms with E-state index in [-0.39, 0.29) is 5.23 Å². The molecule has 5 nitrogen and oxygen atoms in total. The lowest BCUT2D eigenvalue weighted by Crippen LogP contribution is -3.04. The van der Waals surface area contributed by atoms with E-state index in [0.717, 1.165) is 30.5 Å². The Kier molecular flexibility index (Phi) is 10.0. The molecule has 0 aliphatic heterocycles. The van der Waals surface area contributed by atoms with Gasteiger partial charge in [0, 0.05) is 11.1 Å². The Labute approximate surface area is 86.5 Å². The van der Waals surface area contributed by atoms with Crippen molar-refractivity contribution in [2.75, 3.05) is 24.7 Å². The number of alkyl halides is 1. The Morgan fingerprint density at radius 3 is 2.67 bits per heavy atom. The van der Waals surface area contributed by atoms with E-state index in [1.807, 2.05) is 0 Å². The number of nitrogens with one attached hydrogen (secondary N) is 3. The van der Waals surface area contributed by atoms with Crippen LogP contribution in [0.3, 0.4) is 0 Å². The predicted octanol–water partition coefficient (Wildman–Crippen LogP) is -0.803. The molecule has 0 saturated carbocycles. The van der Waals surface area contributed by atoms with Crippen LogP contribution in [0.4, 0.5) is 0 Å². The Morgan fingerprint density at radius 2 is 2.08 bits per heavy atom. The topological polar surface area (TPSA) is 60.8 Å². The molecule has 1 atom stereocenters. The Hall–Kier alpha value is 0.530. The second kappa shape index (κ2) is 9.62. The molecule has 0 aromatic carbocycles. The number of rotatable bonds is 8. The number of hydrogen-bond donors (Lipinski definition) is 3. The van der Waals surface area contributed by atoms with Crippen molar-refractivity contribution in [2.24, 2.45) is 0 Å². The molecule has 0 amide bonds. The summed E-state index contributed by atoms with van der Waals surface area (Å²) in [5, 5.41) is 13.2. The minimum atomic E-state index is -0.291. The molecule has 12 heavy (non-hydrogen) atoms. The standard InChI is InChI=1S/C6H16IN3O2/c1-10(11)12-9-5-3-2-4-8-6-7/h8-10H,2-6H2,1H3. The number of quaternary nitrogens is 1. The molecule has 74 valence electrons. The summed E-state index contributed by atoms with van der Waals surface area (Å²) < 4.78 is 0.981. The van der Waals surface area contributed by atoms with Crippen LogP contribution in [0, 0.1) is 5.21 Å². The van der Waals surface area contributed by atoms with E-state index in [4.69, 9.17) is 0 Å². The van der Waals surface area contributed by atoms with Crippen molar-refractivity contribution in [1.82, 2.24) is 10.8 Å². The maximum atomic E-state index is 10.3. The fraction of sp³-hybridized carbons (Fsp3) is 1.00. The molecule has 3 N–H and O–H groups in total. The molecule has 0 bridgehead atoms. The van der Waals surface area contributed by atoms with Crippen molar-refractivity contribution >= 4 is 22.6 Å². The van der Waals surface area contributed by atoms with Crippen molar-refractivity contribution in [2.45, 2.75) is 12.8 Å². The average Bonchev–Trinajstić information content (AvgIpc) is 2.02. The van der Waals surface area contributed by atoms with Crippen LogP contribution in [0.15, 0.2) is 0 Å². The maximum absolute atomic E-state index is 10.3. The first-order chi connectivity index (χ1) is 5.77. The molecule has 0 aliphatic rings. The monoisotopic (exact) mass is 289 g/mol. The van der Waals surface area contributed by atoms with Gasteiger partial charge in [-0.1, -0.05) is 22.6 Å². The first-order valence-corrected chi connectivity index (χ1v) is 5.47. The quantitative estimate of drug-likeness (QED) is 0.180. The van der Waals surface area contributed by atoms with Gasteiger partial charge in [-0.25, -0.2) is 5.23 Å². The first-order valence-electron chi connectivity index (χ1n) is 3.94. The fourth-order valence-electron chi connectivity index (χ4n) is 0.667. The van der Waals surface area contributed by atoms with E-state index < -0.39 is 0 Å². The van der Waals surface area contributed by atoms with Gasteiger partial charge in [-0.15, -0.1) is 10.4 Å². The number of unbranched alkanes of at least 4 members (excludes halogenated alkanes) is 1. The Bertz CT molecular complexity index is 94.9. The van der Waals surface area contributed by atoms with Crippen LogP contribution < -0.4 is 16.0 Å². The highest BCUT2D eigenvalue weighted by molar-refractivity contribution is 14.1. The van der Waals surface area contributed by atoms with Crippen LogP contribution in [0.2, 0.25) is 0 Å². The molecular weight excluding hydrogens is 273 g/mol. The summed E-state index contributed by atoms with van der Waals surface area (Å²) in [5.74, 6) is 0. The van der Waals surface area contributed by atoms with Crippen molar-refractivity contribution in [1.29, 1.82) is 0 Å². The van der Waals surface area contributed by atoms with E-state index in [9.17, 15) is 5.21 Å². The molecule has 0 aliphatic carbocycles. The third-order valence-electron chi connectivity index (χ3n) is 1.19. The van der Waals surface area contributed by atoms with Crippen molar-refractivity contribution in [3.05, 3.63) is 5.21 Å². The smallest absolute Gasteiger partial charge is 0.0982 e. The Morgan fingerprint density at radius 1 is 1.42 bits per heavy atom. The highest BCUT2D eigenvalue weighted by Crippen LogP contribution is 1.84. The molecule has 0 fully saturated rings. The van der Waals surface area contributed by atoms with Gasteiger partial charge in [-0.2, -0.15) is 0 Å². The van der Waals surface area contributed by atoms with Crippen molar-refractivity contribution < 1.29 is 10.2 Å². The Balaban J connectivity index is 2.82. The third-order valence-corrected chi connectivity index (χ3v) is 1.73. The van der Waals surface area contributed by atoms with E-state index in [2.05, 4.69) is 38.3 Å². The van der Waals surface area contributed by atoms with Gasteiger partial charge in [0.25, 0.3) is 0 Å². The summed E-state index contributed by atoms with van der Waals surface area (Å²) in [6, 6.07) is 0. The SMILES string of the molecule is C[NH+]([O-])ONCCCCNCI. The summed E-state index contributed by atoms with van der Waals surface area (Å²) in [6.07, 6.45) is 2.11. The summed E-state index contributed by atoms with van der Waals surface area (Å²) in [5.41, 5.74) is 2.58. The van der Waals surface area contributed by atoms with E-state index in [1.165, 1.54) is 7.05 Å². The van der Waals surface area contributed by atoms with Crippen LogP contribution in [-0.2, 0) is 4.94 Å². The molecule has 0 aromatic heterocycles. The largest absolute Gasteiger partial charge is 0.599 e. The van der Waals surface area contributed by atoms with Crippen molar-refractivity contribution in [3.63, 3.8) is 0 Å². The molecule has 0 saturated heterocycles. The molecule has 0 aromatic rings. The van der Waals surface area contributed by atoms with Crippen LogP contribution in [0.5, 0.6) is 0 Å². The van der Waals surface area contributed by atoms with Gasteiger partial charge in [-0.3, -0.25) is 0 Å². The van der Waals surface area contributed by atoms with Gasteiger partial charge in [0.2, 0.25) is 0 Å². The molecule has 6 heteroatoms. The molecule has 1 unspecified atom stereocenters. The zero-order valence-electron chi connectivity index (χ0n) is 7.23. The van der Waals surface area contributed by atoms with Gasteiger partial charge in [0.1, 0.15) is 0 Å². The van der Waals surface area contributed by atoms with Crippen LogP contribution >= 0.6 is 22.6 Å². The summed E-state index contributed by atoms with van der Waals surface area (Å²) in [7, 11) is 1.38. The minimum absolute atomic E-state index is 0.291.